The van der Waals surface area contributed by atoms with Crippen LogP contribution in [0.15, 0.2) is 0 Å². The number of rotatable bonds is 15. The van der Waals surface area contributed by atoms with Crippen LogP contribution in [0, 0.1) is 0 Å². The summed E-state index contributed by atoms with van der Waals surface area (Å²) in [5.74, 6) is 0. The topological polar surface area (TPSA) is 66.5 Å². The first-order valence-electron chi connectivity index (χ1n) is 9.41. The first-order valence-corrected chi connectivity index (χ1v) is 9.41. The molecule has 0 spiro atoms. The van der Waals surface area contributed by atoms with Crippen molar-refractivity contribution in [3.05, 3.63) is 0 Å². The summed E-state index contributed by atoms with van der Waals surface area (Å²) >= 11 is 0. The second-order valence-corrected chi connectivity index (χ2v) is 7.01. The molecule has 0 saturated heterocycles. The molecule has 0 amide bonds. The fourth-order valence-corrected chi connectivity index (χ4v) is 2.73. The molecule has 0 aliphatic heterocycles. The van der Waals surface area contributed by atoms with Gasteiger partial charge in [0.15, 0.2) is 0 Å². The van der Waals surface area contributed by atoms with Gasteiger partial charge in [0, 0.05) is 18.9 Å². The van der Waals surface area contributed by atoms with Gasteiger partial charge < -0.3 is 15.9 Å². The summed E-state index contributed by atoms with van der Waals surface area (Å²) in [6.45, 7) is 1.73. The summed E-state index contributed by atoms with van der Waals surface area (Å²) in [4.78, 5) is 0. The van der Waals surface area contributed by atoms with E-state index in [0.29, 0.717) is 19.3 Å². The molecule has 0 aromatic rings. The third kappa shape index (κ3) is 16.5. The first kappa shape index (κ1) is 23.7. The van der Waals surface area contributed by atoms with E-state index >= 15 is 0 Å². The van der Waals surface area contributed by atoms with Crippen LogP contribution in [0.4, 0.5) is 13.2 Å². The second-order valence-electron chi connectivity index (χ2n) is 7.01. The molecule has 0 fully saturated rings. The number of aliphatic hydroxyl groups is 2. The molecule has 3 atom stereocenters. The third-order valence-electron chi connectivity index (χ3n) is 4.37. The Morgan fingerprint density at radius 3 is 1.62 bits per heavy atom. The summed E-state index contributed by atoms with van der Waals surface area (Å²) in [6, 6.07) is -0.312. The van der Waals surface area contributed by atoms with Crippen LogP contribution in [-0.4, -0.2) is 34.6 Å². The quantitative estimate of drug-likeness (QED) is 0.373. The monoisotopic (exact) mass is 355 g/mol. The van der Waals surface area contributed by atoms with Crippen LogP contribution in [0.5, 0.6) is 0 Å². The standard InChI is InChI=1S/C18H36F3NO2/c1-15(22)17(24)14-16(23)12-10-8-6-4-2-3-5-7-9-11-13-18(19,20)21/h15-17,23-24H,2-14,22H2,1H3. The number of nitrogens with two attached hydrogens (primary N) is 1. The van der Waals surface area contributed by atoms with Crippen molar-refractivity contribution in [3.8, 4) is 0 Å². The SMILES string of the molecule is CC(N)C(O)CC(O)CCCCCCCCCCCCC(F)(F)F. The molecule has 0 aromatic heterocycles. The van der Waals surface area contributed by atoms with Crippen molar-refractivity contribution in [2.24, 2.45) is 5.73 Å². The average Bonchev–Trinajstić information content (AvgIpc) is 2.47. The van der Waals surface area contributed by atoms with Gasteiger partial charge in [0.2, 0.25) is 0 Å². The Morgan fingerprint density at radius 2 is 1.21 bits per heavy atom. The van der Waals surface area contributed by atoms with Crippen LogP contribution in [0.2, 0.25) is 0 Å². The van der Waals surface area contributed by atoms with Gasteiger partial charge in [0.25, 0.3) is 0 Å². The highest BCUT2D eigenvalue weighted by atomic mass is 19.4. The Balaban J connectivity index is 3.25. The first-order chi connectivity index (χ1) is 11.2. The lowest BCUT2D eigenvalue weighted by molar-refractivity contribution is -0.135. The fourth-order valence-electron chi connectivity index (χ4n) is 2.73. The number of hydrogen-bond acceptors (Lipinski definition) is 3. The molecule has 24 heavy (non-hydrogen) atoms. The van der Waals surface area contributed by atoms with Gasteiger partial charge >= 0.3 is 6.18 Å². The van der Waals surface area contributed by atoms with Crippen molar-refractivity contribution in [2.45, 2.75) is 115 Å². The molecule has 0 heterocycles. The van der Waals surface area contributed by atoms with Gasteiger partial charge in [-0.25, -0.2) is 0 Å². The predicted molar refractivity (Wildman–Crippen MR) is 91.7 cm³/mol. The van der Waals surface area contributed by atoms with Crippen molar-refractivity contribution in [1.82, 2.24) is 0 Å². The summed E-state index contributed by atoms with van der Waals surface area (Å²) in [6.07, 6.45) is 4.59. The number of halogens is 3. The fraction of sp³-hybridized carbons (Fsp3) is 1.00. The van der Waals surface area contributed by atoms with E-state index in [1.807, 2.05) is 0 Å². The van der Waals surface area contributed by atoms with E-state index in [-0.39, 0.29) is 12.5 Å². The lowest BCUT2D eigenvalue weighted by atomic mass is 10.0. The van der Waals surface area contributed by atoms with Gasteiger partial charge in [-0.3, -0.25) is 0 Å². The maximum absolute atomic E-state index is 11.9. The van der Waals surface area contributed by atoms with Crippen LogP contribution in [-0.2, 0) is 0 Å². The second kappa shape index (κ2) is 13.9. The number of alkyl halides is 3. The van der Waals surface area contributed by atoms with Gasteiger partial charge in [-0.05, 0) is 19.8 Å². The van der Waals surface area contributed by atoms with Crippen molar-refractivity contribution < 1.29 is 23.4 Å². The molecule has 0 aliphatic rings. The van der Waals surface area contributed by atoms with Crippen molar-refractivity contribution in [2.75, 3.05) is 0 Å². The molecule has 0 rings (SSSR count). The number of hydrogen-bond donors (Lipinski definition) is 3. The molecular formula is C18H36F3NO2. The van der Waals surface area contributed by atoms with Crippen molar-refractivity contribution in [1.29, 1.82) is 0 Å². The highest BCUT2D eigenvalue weighted by Gasteiger charge is 2.25. The van der Waals surface area contributed by atoms with Crippen LogP contribution in [0.1, 0.15) is 90.4 Å². The van der Waals surface area contributed by atoms with Crippen LogP contribution in [0.3, 0.4) is 0 Å². The highest BCUT2D eigenvalue weighted by molar-refractivity contribution is 4.70. The Hall–Kier alpha value is -0.330. The molecule has 146 valence electrons. The molecule has 0 aliphatic carbocycles. The normalized spacial score (nSPS) is 16.1. The molecule has 0 radical (unpaired) electrons. The maximum Gasteiger partial charge on any atom is 0.389 e. The predicted octanol–water partition coefficient (Wildman–Crippen LogP) is 4.69. The van der Waals surface area contributed by atoms with E-state index in [2.05, 4.69) is 0 Å². The minimum Gasteiger partial charge on any atom is -0.393 e. The Bertz CT molecular complexity index is 286. The summed E-state index contributed by atoms with van der Waals surface area (Å²) in [7, 11) is 0. The Morgan fingerprint density at radius 1 is 0.792 bits per heavy atom. The van der Waals surface area contributed by atoms with Gasteiger partial charge in [-0.1, -0.05) is 57.8 Å². The van der Waals surface area contributed by atoms with E-state index in [0.717, 1.165) is 51.4 Å². The molecule has 0 bridgehead atoms. The Labute approximate surface area is 144 Å². The smallest absolute Gasteiger partial charge is 0.389 e. The Kier molecular flexibility index (Phi) is 13.7. The van der Waals surface area contributed by atoms with E-state index in [1.54, 1.807) is 6.92 Å². The molecule has 3 unspecified atom stereocenters. The number of aliphatic hydroxyl groups excluding tert-OH is 2. The van der Waals surface area contributed by atoms with E-state index in [4.69, 9.17) is 5.73 Å². The van der Waals surface area contributed by atoms with Gasteiger partial charge in [0.1, 0.15) is 0 Å². The van der Waals surface area contributed by atoms with E-state index in [1.165, 1.54) is 0 Å². The summed E-state index contributed by atoms with van der Waals surface area (Å²) < 4.78 is 35.8. The van der Waals surface area contributed by atoms with Crippen molar-refractivity contribution >= 4 is 0 Å². The van der Waals surface area contributed by atoms with Crippen LogP contribution >= 0.6 is 0 Å². The molecule has 3 nitrogen and oxygen atoms in total. The van der Waals surface area contributed by atoms with Crippen molar-refractivity contribution in [3.63, 3.8) is 0 Å². The van der Waals surface area contributed by atoms with E-state index < -0.39 is 24.8 Å². The molecule has 0 saturated carbocycles. The summed E-state index contributed by atoms with van der Waals surface area (Å²) in [5, 5.41) is 19.3. The molecule has 4 N–H and O–H groups in total. The minimum absolute atomic E-state index is 0.253. The molecular weight excluding hydrogens is 319 g/mol. The van der Waals surface area contributed by atoms with Gasteiger partial charge in [-0.2, -0.15) is 13.2 Å². The third-order valence-corrected chi connectivity index (χ3v) is 4.37. The molecule has 0 aromatic carbocycles. The minimum atomic E-state index is -4.01. The molecule has 6 heteroatoms. The zero-order valence-corrected chi connectivity index (χ0v) is 15.0. The lowest BCUT2D eigenvalue weighted by Crippen LogP contribution is -2.34. The van der Waals surface area contributed by atoms with Gasteiger partial charge in [-0.15, -0.1) is 0 Å². The zero-order chi connectivity index (χ0) is 18.4. The van der Waals surface area contributed by atoms with Gasteiger partial charge in [0.05, 0.1) is 12.2 Å². The van der Waals surface area contributed by atoms with Crippen LogP contribution in [0.25, 0.3) is 0 Å². The summed E-state index contributed by atoms with van der Waals surface area (Å²) in [5.41, 5.74) is 5.55. The lowest BCUT2D eigenvalue weighted by Gasteiger charge is -2.18. The zero-order valence-electron chi connectivity index (χ0n) is 15.0. The van der Waals surface area contributed by atoms with Crippen LogP contribution < -0.4 is 5.73 Å². The number of unbranched alkanes of at least 4 members (excludes halogenated alkanes) is 9. The van der Waals surface area contributed by atoms with E-state index in [9.17, 15) is 23.4 Å². The highest BCUT2D eigenvalue weighted by Crippen LogP contribution is 2.23. The average molecular weight is 355 g/mol. The maximum atomic E-state index is 11.9. The largest absolute Gasteiger partial charge is 0.393 e.